The van der Waals surface area contributed by atoms with E-state index in [1.165, 1.54) is 0 Å². The summed E-state index contributed by atoms with van der Waals surface area (Å²) in [6, 6.07) is 6.93. The summed E-state index contributed by atoms with van der Waals surface area (Å²) < 4.78 is 12.0. The summed E-state index contributed by atoms with van der Waals surface area (Å²) >= 11 is 6.21. The maximum Gasteiger partial charge on any atom is 0.254 e. The van der Waals surface area contributed by atoms with Crippen LogP contribution in [0.5, 0.6) is 5.75 Å². The number of halogens is 1. The second kappa shape index (κ2) is 14.1. The predicted molar refractivity (Wildman–Crippen MR) is 173 cm³/mol. The molecule has 0 bridgehead atoms. The van der Waals surface area contributed by atoms with E-state index < -0.39 is 0 Å². The van der Waals surface area contributed by atoms with Crippen molar-refractivity contribution >= 4 is 29.4 Å². The number of anilines is 1. The third kappa shape index (κ3) is 7.39. The van der Waals surface area contributed by atoms with E-state index in [9.17, 15) is 14.7 Å². The summed E-state index contributed by atoms with van der Waals surface area (Å²) in [5.74, 6) is 0.915. The summed E-state index contributed by atoms with van der Waals surface area (Å²) in [4.78, 5) is 40.7. The number of piperazine rings is 1. The fourth-order valence-electron chi connectivity index (χ4n) is 7.14. The predicted octanol–water partition coefficient (Wildman–Crippen LogP) is 2.74. The number of likely N-dealkylation sites (tertiary alicyclic amines) is 1. The number of hydrogen-bond acceptors (Lipinski definition) is 10. The standard InChI is InChI=1S/C33H44ClN7O5/c1-32(2)29(33(3,4)30(32)46-25-6-5-22(18-35)26(34)17-25)38-28(44)23-19-36-31(37-20-23)41-13-11-39(12-14-41)15-16-45-21-27(43)40-9-7-24(42)8-10-40/h5-6,17,19-20,24,29-30,42H,7-16,21H2,1-4H3,(H,38,44). The average Bonchev–Trinajstić information content (AvgIpc) is 3.04. The zero-order chi connectivity index (χ0) is 33.1. The summed E-state index contributed by atoms with van der Waals surface area (Å²) in [6.07, 6.45) is 3.90. The van der Waals surface area contributed by atoms with Gasteiger partial charge in [-0.15, -0.1) is 0 Å². The monoisotopic (exact) mass is 653 g/mol. The molecule has 1 aliphatic carbocycles. The molecule has 1 aromatic heterocycles. The molecule has 3 fully saturated rings. The summed E-state index contributed by atoms with van der Waals surface area (Å²) in [7, 11) is 0. The Hall–Kier alpha value is -3.50. The van der Waals surface area contributed by atoms with Crippen LogP contribution < -0.4 is 15.0 Å². The first-order valence-corrected chi connectivity index (χ1v) is 16.3. The van der Waals surface area contributed by atoms with E-state index in [0.717, 1.165) is 32.7 Å². The summed E-state index contributed by atoms with van der Waals surface area (Å²) in [5, 5.41) is 22.3. The van der Waals surface area contributed by atoms with Crippen LogP contribution in [0, 0.1) is 22.2 Å². The van der Waals surface area contributed by atoms with Gasteiger partial charge < -0.3 is 29.7 Å². The van der Waals surface area contributed by atoms with E-state index in [2.05, 4.69) is 58.8 Å². The van der Waals surface area contributed by atoms with Gasteiger partial charge >= 0.3 is 0 Å². The quantitative estimate of drug-likeness (QED) is 0.367. The Bertz CT molecular complexity index is 1410. The van der Waals surface area contributed by atoms with Crippen LogP contribution in [0.4, 0.5) is 5.95 Å². The van der Waals surface area contributed by atoms with Crippen molar-refractivity contribution in [3.05, 3.63) is 46.7 Å². The normalized spacial score (nSPS) is 22.9. The first kappa shape index (κ1) is 33.9. The van der Waals surface area contributed by atoms with Crippen molar-refractivity contribution in [3.8, 4) is 11.8 Å². The summed E-state index contributed by atoms with van der Waals surface area (Å²) in [5.41, 5.74) is 0.0335. The first-order chi connectivity index (χ1) is 21.9. The lowest BCUT2D eigenvalue weighted by molar-refractivity contribution is -0.164. The van der Waals surface area contributed by atoms with Crippen molar-refractivity contribution in [2.75, 3.05) is 63.9 Å². The molecule has 0 atom stereocenters. The molecule has 0 spiro atoms. The van der Waals surface area contributed by atoms with Gasteiger partial charge in [0.15, 0.2) is 0 Å². The highest BCUT2D eigenvalue weighted by Crippen LogP contribution is 2.55. The Kier molecular flexibility index (Phi) is 10.4. The zero-order valence-corrected chi connectivity index (χ0v) is 27.8. The van der Waals surface area contributed by atoms with E-state index in [0.29, 0.717) is 60.4 Å². The molecule has 46 heavy (non-hydrogen) atoms. The van der Waals surface area contributed by atoms with Gasteiger partial charge in [0.05, 0.1) is 28.9 Å². The molecule has 12 nitrogen and oxygen atoms in total. The van der Waals surface area contributed by atoms with Crippen LogP contribution in [-0.2, 0) is 9.53 Å². The molecule has 2 aromatic rings. The minimum absolute atomic E-state index is 0.0187. The van der Waals surface area contributed by atoms with Gasteiger partial charge in [-0.25, -0.2) is 9.97 Å². The van der Waals surface area contributed by atoms with Gasteiger partial charge in [-0.3, -0.25) is 14.5 Å². The number of aliphatic hydroxyl groups is 1. The Balaban J connectivity index is 1.05. The molecule has 2 aliphatic heterocycles. The number of piperidine rings is 1. The first-order valence-electron chi connectivity index (χ1n) is 15.9. The van der Waals surface area contributed by atoms with Crippen LogP contribution in [0.25, 0.3) is 0 Å². The molecule has 3 heterocycles. The maximum atomic E-state index is 13.3. The molecule has 248 valence electrons. The maximum absolute atomic E-state index is 13.3. The van der Waals surface area contributed by atoms with Crippen molar-refractivity contribution in [2.45, 2.75) is 58.8 Å². The SMILES string of the molecule is CC1(C)C(NC(=O)c2cnc(N3CCN(CCOCC(=O)N4CCC(O)CC4)CC3)nc2)C(C)(C)C1Oc1ccc(C#N)c(Cl)c1. The number of hydrogen-bond donors (Lipinski definition) is 2. The number of rotatable bonds is 10. The fraction of sp³-hybridized carbons (Fsp3) is 0.606. The Labute approximate surface area is 275 Å². The molecular weight excluding hydrogens is 610 g/mol. The van der Waals surface area contributed by atoms with Crippen LogP contribution in [0.1, 0.15) is 56.5 Å². The largest absolute Gasteiger partial charge is 0.489 e. The van der Waals surface area contributed by atoms with Gasteiger partial charge in [-0.05, 0) is 25.0 Å². The smallest absolute Gasteiger partial charge is 0.254 e. The number of nitriles is 1. The third-order valence-corrected chi connectivity index (χ3v) is 9.89. The van der Waals surface area contributed by atoms with E-state index in [1.807, 2.05) is 0 Å². The highest BCUT2D eigenvalue weighted by molar-refractivity contribution is 6.31. The van der Waals surface area contributed by atoms with E-state index in [-0.39, 0.29) is 47.5 Å². The van der Waals surface area contributed by atoms with E-state index >= 15 is 0 Å². The Morgan fingerprint density at radius 2 is 1.72 bits per heavy atom. The molecule has 1 saturated carbocycles. The second-order valence-electron chi connectivity index (χ2n) is 13.6. The molecule has 2 saturated heterocycles. The van der Waals surface area contributed by atoms with Gasteiger partial charge in [-0.1, -0.05) is 39.3 Å². The number of nitrogens with zero attached hydrogens (tertiary/aromatic N) is 6. The topological polar surface area (TPSA) is 144 Å². The molecule has 2 amide bonds. The zero-order valence-electron chi connectivity index (χ0n) is 27.0. The number of nitrogens with one attached hydrogen (secondary N) is 1. The molecule has 2 N–H and O–H groups in total. The number of amides is 2. The highest BCUT2D eigenvalue weighted by Gasteiger charge is 2.64. The Morgan fingerprint density at radius 3 is 2.33 bits per heavy atom. The number of aliphatic hydroxyl groups excluding tert-OH is 1. The molecule has 13 heteroatoms. The number of ether oxygens (including phenoxy) is 2. The third-order valence-electron chi connectivity index (χ3n) is 9.58. The van der Waals surface area contributed by atoms with Gasteiger partial charge in [-0.2, -0.15) is 5.26 Å². The van der Waals surface area contributed by atoms with Gasteiger partial charge in [0.2, 0.25) is 11.9 Å². The van der Waals surface area contributed by atoms with E-state index in [4.69, 9.17) is 26.3 Å². The van der Waals surface area contributed by atoms with Gasteiger partial charge in [0, 0.05) is 81.1 Å². The number of carbonyl (C=O) groups is 2. The minimum atomic E-state index is -0.377. The van der Waals surface area contributed by atoms with Crippen molar-refractivity contribution in [3.63, 3.8) is 0 Å². The van der Waals surface area contributed by atoms with Crippen LogP contribution in [0.15, 0.2) is 30.6 Å². The molecule has 1 aromatic carbocycles. The minimum Gasteiger partial charge on any atom is -0.489 e. The van der Waals surface area contributed by atoms with Crippen LogP contribution in [0.3, 0.4) is 0 Å². The Morgan fingerprint density at radius 1 is 1.07 bits per heavy atom. The molecule has 5 rings (SSSR count). The lowest BCUT2D eigenvalue weighted by Gasteiger charge is -2.63. The second-order valence-corrected chi connectivity index (χ2v) is 14.0. The molecule has 0 radical (unpaired) electrons. The van der Waals surface area contributed by atoms with E-state index in [1.54, 1.807) is 35.5 Å². The van der Waals surface area contributed by atoms with Gasteiger partial charge in [0.25, 0.3) is 5.91 Å². The van der Waals surface area contributed by atoms with Crippen LogP contribution >= 0.6 is 11.6 Å². The van der Waals surface area contributed by atoms with Crippen LogP contribution in [-0.4, -0.2) is 114 Å². The number of benzene rings is 1. The lowest BCUT2D eigenvalue weighted by Crippen LogP contribution is -2.74. The van der Waals surface area contributed by atoms with Crippen molar-refractivity contribution in [1.29, 1.82) is 5.26 Å². The van der Waals surface area contributed by atoms with Crippen molar-refractivity contribution in [2.24, 2.45) is 10.8 Å². The summed E-state index contributed by atoms with van der Waals surface area (Å²) in [6.45, 7) is 13.8. The number of carbonyl (C=O) groups excluding carboxylic acids is 2. The van der Waals surface area contributed by atoms with Crippen LogP contribution in [0.2, 0.25) is 5.02 Å². The molecule has 3 aliphatic rings. The van der Waals surface area contributed by atoms with Gasteiger partial charge in [0.1, 0.15) is 24.5 Å². The van der Waals surface area contributed by atoms with Crippen molar-refractivity contribution in [1.82, 2.24) is 25.1 Å². The lowest BCUT2D eigenvalue weighted by atomic mass is 9.49. The number of aromatic nitrogens is 2. The highest BCUT2D eigenvalue weighted by atomic mass is 35.5. The van der Waals surface area contributed by atoms with Crippen molar-refractivity contribution < 1.29 is 24.2 Å². The fourth-order valence-corrected chi connectivity index (χ4v) is 7.36. The molecule has 0 unspecified atom stereocenters. The molecular formula is C33H44ClN7O5. The average molecular weight is 654 g/mol.